The SMILES string of the molecule is c1ccc(CN2CCC(c3nnc(-c4ccco4)o3)CC2)cc1. The smallest absolute Gasteiger partial charge is 0.283 e. The molecule has 0 amide bonds. The van der Waals surface area contributed by atoms with Gasteiger partial charge in [-0.2, -0.15) is 0 Å². The van der Waals surface area contributed by atoms with E-state index in [9.17, 15) is 0 Å². The van der Waals surface area contributed by atoms with Crippen LogP contribution in [-0.2, 0) is 6.54 Å². The van der Waals surface area contributed by atoms with E-state index >= 15 is 0 Å². The molecule has 0 N–H and O–H groups in total. The fourth-order valence-corrected chi connectivity index (χ4v) is 3.08. The van der Waals surface area contributed by atoms with E-state index in [1.807, 2.05) is 12.1 Å². The predicted octanol–water partition coefficient (Wildman–Crippen LogP) is 3.71. The maximum Gasteiger partial charge on any atom is 0.283 e. The summed E-state index contributed by atoms with van der Waals surface area (Å²) < 4.78 is 11.1. The molecule has 5 heteroatoms. The van der Waals surface area contributed by atoms with Gasteiger partial charge in [-0.15, -0.1) is 10.2 Å². The molecule has 1 saturated heterocycles. The molecule has 0 spiro atoms. The van der Waals surface area contributed by atoms with Gasteiger partial charge in [-0.25, -0.2) is 0 Å². The number of aromatic nitrogens is 2. The lowest BCUT2D eigenvalue weighted by Gasteiger charge is -2.30. The molecule has 3 heterocycles. The highest BCUT2D eigenvalue weighted by Gasteiger charge is 2.25. The monoisotopic (exact) mass is 309 g/mol. The first-order valence-corrected chi connectivity index (χ1v) is 8.02. The molecule has 3 aromatic rings. The lowest BCUT2D eigenvalue weighted by molar-refractivity contribution is 0.193. The van der Waals surface area contributed by atoms with Gasteiger partial charge in [-0.1, -0.05) is 30.3 Å². The fraction of sp³-hybridized carbons (Fsp3) is 0.333. The molecule has 0 bridgehead atoms. The highest BCUT2D eigenvalue weighted by molar-refractivity contribution is 5.42. The second kappa shape index (κ2) is 6.38. The van der Waals surface area contributed by atoms with E-state index in [0.717, 1.165) is 38.4 Å². The highest BCUT2D eigenvalue weighted by Crippen LogP contribution is 2.29. The van der Waals surface area contributed by atoms with Crippen LogP contribution in [0.25, 0.3) is 11.7 Å². The summed E-state index contributed by atoms with van der Waals surface area (Å²) in [7, 11) is 0. The average Bonchev–Trinajstić information content (AvgIpc) is 3.28. The third-order valence-corrected chi connectivity index (χ3v) is 4.36. The molecular weight excluding hydrogens is 290 g/mol. The zero-order valence-electron chi connectivity index (χ0n) is 12.9. The van der Waals surface area contributed by atoms with Gasteiger partial charge in [0, 0.05) is 12.5 Å². The van der Waals surface area contributed by atoms with Gasteiger partial charge in [0.2, 0.25) is 5.89 Å². The van der Waals surface area contributed by atoms with E-state index < -0.39 is 0 Å². The Labute approximate surface area is 134 Å². The van der Waals surface area contributed by atoms with Crippen LogP contribution < -0.4 is 0 Å². The molecule has 5 nitrogen and oxygen atoms in total. The fourth-order valence-electron chi connectivity index (χ4n) is 3.08. The van der Waals surface area contributed by atoms with Gasteiger partial charge in [0.05, 0.1) is 6.26 Å². The minimum atomic E-state index is 0.346. The number of furan rings is 1. The van der Waals surface area contributed by atoms with Crippen molar-refractivity contribution in [1.82, 2.24) is 15.1 Å². The molecule has 0 aliphatic carbocycles. The molecule has 0 saturated carbocycles. The van der Waals surface area contributed by atoms with Crippen molar-refractivity contribution < 1.29 is 8.83 Å². The Bertz CT molecular complexity index is 729. The molecule has 23 heavy (non-hydrogen) atoms. The van der Waals surface area contributed by atoms with Gasteiger partial charge < -0.3 is 8.83 Å². The van der Waals surface area contributed by atoms with Crippen molar-refractivity contribution in [1.29, 1.82) is 0 Å². The summed E-state index contributed by atoms with van der Waals surface area (Å²) in [6.45, 7) is 3.12. The minimum absolute atomic E-state index is 0.346. The Morgan fingerprint density at radius 2 is 1.83 bits per heavy atom. The maximum absolute atomic E-state index is 5.79. The molecular formula is C18H19N3O2. The standard InChI is InChI=1S/C18H19N3O2/c1-2-5-14(6-3-1)13-21-10-8-15(9-11-21)17-19-20-18(23-17)16-7-4-12-22-16/h1-7,12,15H,8-11,13H2. The lowest BCUT2D eigenvalue weighted by atomic mass is 9.96. The number of likely N-dealkylation sites (tertiary alicyclic amines) is 1. The number of rotatable bonds is 4. The van der Waals surface area contributed by atoms with Crippen molar-refractivity contribution in [2.24, 2.45) is 0 Å². The largest absolute Gasteiger partial charge is 0.459 e. The van der Waals surface area contributed by atoms with Gasteiger partial charge in [-0.05, 0) is 43.6 Å². The highest BCUT2D eigenvalue weighted by atomic mass is 16.4. The Morgan fingerprint density at radius 3 is 2.57 bits per heavy atom. The average molecular weight is 309 g/mol. The molecule has 2 aromatic heterocycles. The van der Waals surface area contributed by atoms with Crippen LogP contribution in [0.1, 0.15) is 30.2 Å². The zero-order chi connectivity index (χ0) is 15.5. The molecule has 1 aromatic carbocycles. The molecule has 0 radical (unpaired) electrons. The van der Waals surface area contributed by atoms with Crippen molar-refractivity contribution >= 4 is 0 Å². The Kier molecular flexibility index (Phi) is 3.94. The molecule has 4 rings (SSSR count). The van der Waals surface area contributed by atoms with Crippen LogP contribution in [0.2, 0.25) is 0 Å². The summed E-state index contributed by atoms with van der Waals surface area (Å²) in [5.41, 5.74) is 1.36. The Hall–Kier alpha value is -2.40. The number of piperidine rings is 1. The van der Waals surface area contributed by atoms with E-state index in [4.69, 9.17) is 8.83 Å². The summed E-state index contributed by atoms with van der Waals surface area (Å²) in [5, 5.41) is 8.31. The summed E-state index contributed by atoms with van der Waals surface area (Å²) in [6, 6.07) is 14.3. The van der Waals surface area contributed by atoms with Crippen molar-refractivity contribution in [3.63, 3.8) is 0 Å². The molecule has 0 atom stereocenters. The topological polar surface area (TPSA) is 55.3 Å². The summed E-state index contributed by atoms with van der Waals surface area (Å²) in [5.74, 6) is 2.18. The van der Waals surface area contributed by atoms with E-state index in [1.54, 1.807) is 6.26 Å². The van der Waals surface area contributed by atoms with Crippen molar-refractivity contribution in [3.8, 4) is 11.7 Å². The number of hydrogen-bond acceptors (Lipinski definition) is 5. The van der Waals surface area contributed by atoms with E-state index in [-0.39, 0.29) is 0 Å². The third-order valence-electron chi connectivity index (χ3n) is 4.36. The van der Waals surface area contributed by atoms with Crippen LogP contribution in [0.5, 0.6) is 0 Å². The molecule has 118 valence electrons. The van der Waals surface area contributed by atoms with Crippen molar-refractivity contribution in [2.75, 3.05) is 13.1 Å². The third kappa shape index (κ3) is 3.19. The quantitative estimate of drug-likeness (QED) is 0.735. The summed E-state index contributed by atoms with van der Waals surface area (Å²) in [4.78, 5) is 2.48. The summed E-state index contributed by atoms with van der Waals surface area (Å²) >= 11 is 0. The first-order valence-electron chi connectivity index (χ1n) is 8.02. The second-order valence-corrected chi connectivity index (χ2v) is 5.96. The first kappa shape index (κ1) is 14.2. The van der Waals surface area contributed by atoms with Gasteiger partial charge in [0.25, 0.3) is 5.89 Å². The summed E-state index contributed by atoms with van der Waals surface area (Å²) in [6.07, 6.45) is 3.71. The number of benzene rings is 1. The number of hydrogen-bond donors (Lipinski definition) is 0. The lowest BCUT2D eigenvalue weighted by Crippen LogP contribution is -2.32. The van der Waals surface area contributed by atoms with E-state index in [1.165, 1.54) is 5.56 Å². The predicted molar refractivity (Wildman–Crippen MR) is 85.7 cm³/mol. The van der Waals surface area contributed by atoms with Crippen LogP contribution in [0.15, 0.2) is 57.6 Å². The second-order valence-electron chi connectivity index (χ2n) is 5.96. The normalized spacial score (nSPS) is 16.7. The zero-order valence-corrected chi connectivity index (χ0v) is 12.9. The van der Waals surface area contributed by atoms with Gasteiger partial charge in [0.15, 0.2) is 5.76 Å². The first-order chi connectivity index (χ1) is 11.4. The number of nitrogens with zero attached hydrogens (tertiary/aromatic N) is 3. The van der Waals surface area contributed by atoms with Crippen LogP contribution >= 0.6 is 0 Å². The molecule has 1 fully saturated rings. The van der Waals surface area contributed by atoms with E-state index in [0.29, 0.717) is 17.6 Å². The van der Waals surface area contributed by atoms with Crippen LogP contribution in [0, 0.1) is 0 Å². The van der Waals surface area contributed by atoms with Gasteiger partial charge in [-0.3, -0.25) is 4.90 Å². The van der Waals surface area contributed by atoms with Crippen molar-refractivity contribution in [2.45, 2.75) is 25.3 Å². The maximum atomic E-state index is 5.79. The molecule has 1 aliphatic heterocycles. The van der Waals surface area contributed by atoms with Crippen LogP contribution in [-0.4, -0.2) is 28.2 Å². The van der Waals surface area contributed by atoms with Gasteiger partial charge >= 0.3 is 0 Å². The van der Waals surface area contributed by atoms with E-state index in [2.05, 4.69) is 45.4 Å². The molecule has 0 unspecified atom stereocenters. The van der Waals surface area contributed by atoms with Crippen LogP contribution in [0.4, 0.5) is 0 Å². The Balaban J connectivity index is 1.36. The van der Waals surface area contributed by atoms with Gasteiger partial charge in [0.1, 0.15) is 0 Å². The minimum Gasteiger partial charge on any atom is -0.459 e. The molecule has 1 aliphatic rings. The van der Waals surface area contributed by atoms with Crippen molar-refractivity contribution in [3.05, 3.63) is 60.2 Å². The van der Waals surface area contributed by atoms with Crippen LogP contribution in [0.3, 0.4) is 0 Å². The Morgan fingerprint density at radius 1 is 1.00 bits per heavy atom.